The Morgan fingerprint density at radius 3 is 2.59 bits per heavy atom. The van der Waals surface area contributed by atoms with Crippen LogP contribution in [0.2, 0.25) is 0 Å². The molecule has 0 N–H and O–H groups in total. The molecule has 29 heavy (non-hydrogen) atoms. The van der Waals surface area contributed by atoms with Crippen molar-refractivity contribution in [3.63, 3.8) is 0 Å². The lowest BCUT2D eigenvalue weighted by Gasteiger charge is -2.36. The molecule has 2 heterocycles. The van der Waals surface area contributed by atoms with Crippen LogP contribution in [0, 0.1) is 17.6 Å². The molecule has 2 fully saturated rings. The van der Waals surface area contributed by atoms with Gasteiger partial charge in [-0.05, 0) is 68.0 Å². The molecule has 0 spiro atoms. The first kappa shape index (κ1) is 20.0. The maximum Gasteiger partial charge on any atom is 0.226 e. The third-order valence-corrected chi connectivity index (χ3v) is 6.10. The van der Waals surface area contributed by atoms with E-state index in [0.29, 0.717) is 11.5 Å². The molecule has 1 unspecified atom stereocenters. The molecule has 0 radical (unpaired) electrons. The van der Waals surface area contributed by atoms with Crippen LogP contribution >= 0.6 is 0 Å². The molecule has 0 bridgehead atoms. The summed E-state index contributed by atoms with van der Waals surface area (Å²) in [6, 6.07) is 11.4. The summed E-state index contributed by atoms with van der Waals surface area (Å²) in [7, 11) is 0. The average Bonchev–Trinajstić information content (AvgIpc) is 2.74. The summed E-state index contributed by atoms with van der Waals surface area (Å²) in [5.41, 5.74) is 2.24. The third-order valence-electron chi connectivity index (χ3n) is 6.10. The topological polar surface area (TPSA) is 23.6 Å². The fraction of sp³-hybridized carbons (Fsp3) is 0.458. The Morgan fingerprint density at radius 1 is 0.966 bits per heavy atom. The average molecular weight is 398 g/mol. The highest BCUT2D eigenvalue weighted by atomic mass is 19.1. The first-order valence-corrected chi connectivity index (χ1v) is 10.7. The number of halogens is 2. The number of amides is 1. The minimum atomic E-state index is -0.569. The van der Waals surface area contributed by atoms with E-state index < -0.39 is 11.6 Å². The molecule has 1 atom stereocenters. The molecule has 3 nitrogen and oxygen atoms in total. The van der Waals surface area contributed by atoms with Gasteiger partial charge < -0.3 is 4.90 Å². The predicted octanol–water partition coefficient (Wildman–Crippen LogP) is 4.86. The van der Waals surface area contributed by atoms with Gasteiger partial charge in [-0.2, -0.15) is 0 Å². The van der Waals surface area contributed by atoms with Crippen LogP contribution in [0.5, 0.6) is 0 Å². The molecule has 0 aliphatic carbocycles. The van der Waals surface area contributed by atoms with Crippen molar-refractivity contribution >= 4 is 5.91 Å². The number of hydrogen-bond acceptors (Lipinski definition) is 2. The molecule has 2 aliphatic rings. The van der Waals surface area contributed by atoms with Crippen molar-refractivity contribution in [2.24, 2.45) is 5.92 Å². The summed E-state index contributed by atoms with van der Waals surface area (Å²) < 4.78 is 27.4. The summed E-state index contributed by atoms with van der Waals surface area (Å²) in [5, 5.41) is 0. The van der Waals surface area contributed by atoms with Gasteiger partial charge in [0.1, 0.15) is 11.6 Å². The van der Waals surface area contributed by atoms with E-state index >= 15 is 0 Å². The molecule has 2 aliphatic heterocycles. The molecule has 5 heteroatoms. The van der Waals surface area contributed by atoms with Crippen LogP contribution in [0.25, 0.3) is 11.1 Å². The lowest BCUT2D eigenvalue weighted by molar-refractivity contribution is -0.138. The number of hydrogen-bond donors (Lipinski definition) is 0. The summed E-state index contributed by atoms with van der Waals surface area (Å²) in [6.45, 7) is 4.30. The fourth-order valence-corrected chi connectivity index (χ4v) is 4.59. The standard InChI is InChI=1S/C24H28F2N2O/c25-21-9-10-22(23(26)15-21)19-7-4-6-18(14-19)16-27-11-5-8-20(17-27)24(29)28-12-2-1-3-13-28/h4,6-7,9-10,14-15,20H,1-3,5,8,11-13,16-17H2. The van der Waals surface area contributed by atoms with Crippen LogP contribution < -0.4 is 0 Å². The van der Waals surface area contributed by atoms with Crippen LogP contribution in [0.1, 0.15) is 37.7 Å². The Morgan fingerprint density at radius 2 is 1.79 bits per heavy atom. The second kappa shape index (κ2) is 9.04. The second-order valence-electron chi connectivity index (χ2n) is 8.28. The van der Waals surface area contributed by atoms with Crippen molar-refractivity contribution in [2.75, 3.05) is 26.2 Å². The van der Waals surface area contributed by atoms with Crippen LogP contribution in [0.15, 0.2) is 42.5 Å². The molecule has 1 amide bonds. The maximum absolute atomic E-state index is 14.2. The van der Waals surface area contributed by atoms with E-state index in [1.165, 1.54) is 18.6 Å². The van der Waals surface area contributed by atoms with Gasteiger partial charge in [0.15, 0.2) is 0 Å². The van der Waals surface area contributed by atoms with Gasteiger partial charge in [0, 0.05) is 37.8 Å². The quantitative estimate of drug-likeness (QED) is 0.735. The summed E-state index contributed by atoms with van der Waals surface area (Å²) in [6.07, 6.45) is 5.46. The van der Waals surface area contributed by atoms with E-state index in [0.717, 1.165) is 75.6 Å². The number of likely N-dealkylation sites (tertiary alicyclic amines) is 2. The van der Waals surface area contributed by atoms with E-state index in [1.54, 1.807) is 0 Å². The van der Waals surface area contributed by atoms with Gasteiger partial charge in [-0.3, -0.25) is 9.69 Å². The molecule has 4 rings (SSSR count). The maximum atomic E-state index is 14.2. The monoisotopic (exact) mass is 398 g/mol. The second-order valence-corrected chi connectivity index (χ2v) is 8.28. The van der Waals surface area contributed by atoms with Crippen molar-refractivity contribution in [3.8, 4) is 11.1 Å². The Bertz CT molecular complexity index is 864. The van der Waals surface area contributed by atoms with Crippen LogP contribution in [-0.2, 0) is 11.3 Å². The van der Waals surface area contributed by atoms with Gasteiger partial charge in [0.2, 0.25) is 5.91 Å². The minimum absolute atomic E-state index is 0.0829. The van der Waals surface area contributed by atoms with Gasteiger partial charge in [-0.1, -0.05) is 18.2 Å². The van der Waals surface area contributed by atoms with Crippen molar-refractivity contribution in [3.05, 3.63) is 59.7 Å². The van der Waals surface area contributed by atoms with E-state index in [4.69, 9.17) is 0 Å². The van der Waals surface area contributed by atoms with Crippen molar-refractivity contribution in [1.29, 1.82) is 0 Å². The van der Waals surface area contributed by atoms with E-state index in [1.807, 2.05) is 24.3 Å². The molecule has 154 valence electrons. The molecule has 2 aromatic carbocycles. The molecular weight excluding hydrogens is 370 g/mol. The van der Waals surface area contributed by atoms with Crippen molar-refractivity contribution < 1.29 is 13.6 Å². The highest BCUT2D eigenvalue weighted by Gasteiger charge is 2.29. The van der Waals surface area contributed by atoms with Crippen LogP contribution in [-0.4, -0.2) is 41.9 Å². The van der Waals surface area contributed by atoms with Crippen LogP contribution in [0.4, 0.5) is 8.78 Å². The predicted molar refractivity (Wildman–Crippen MR) is 110 cm³/mol. The fourth-order valence-electron chi connectivity index (χ4n) is 4.59. The molecule has 0 saturated carbocycles. The number of carbonyl (C=O) groups is 1. The highest BCUT2D eigenvalue weighted by Crippen LogP contribution is 2.26. The number of benzene rings is 2. The van der Waals surface area contributed by atoms with Gasteiger partial charge in [0.25, 0.3) is 0 Å². The Hall–Kier alpha value is -2.27. The zero-order chi connectivity index (χ0) is 20.2. The van der Waals surface area contributed by atoms with E-state index in [9.17, 15) is 13.6 Å². The third kappa shape index (κ3) is 4.84. The van der Waals surface area contributed by atoms with Gasteiger partial charge in [-0.15, -0.1) is 0 Å². The summed E-state index contributed by atoms with van der Waals surface area (Å²) >= 11 is 0. The SMILES string of the molecule is O=C(C1CCCN(Cc2cccc(-c3ccc(F)cc3F)c2)C1)N1CCCCC1. The zero-order valence-corrected chi connectivity index (χ0v) is 16.7. The van der Waals surface area contributed by atoms with Crippen molar-refractivity contribution in [2.45, 2.75) is 38.6 Å². The van der Waals surface area contributed by atoms with Crippen molar-refractivity contribution in [1.82, 2.24) is 9.80 Å². The first-order chi connectivity index (χ1) is 14.1. The Kier molecular flexibility index (Phi) is 6.24. The lowest BCUT2D eigenvalue weighted by atomic mass is 9.95. The normalized spacial score (nSPS) is 20.6. The molecule has 0 aromatic heterocycles. The number of piperidine rings is 2. The lowest BCUT2D eigenvalue weighted by Crippen LogP contribution is -2.46. The number of nitrogens with zero attached hydrogens (tertiary/aromatic N) is 2. The van der Waals surface area contributed by atoms with Crippen LogP contribution in [0.3, 0.4) is 0 Å². The van der Waals surface area contributed by atoms with E-state index in [-0.39, 0.29) is 5.92 Å². The molecular formula is C24H28F2N2O. The Labute approximate surface area is 171 Å². The summed E-state index contributed by atoms with van der Waals surface area (Å²) in [4.78, 5) is 17.3. The van der Waals surface area contributed by atoms with Gasteiger partial charge in [-0.25, -0.2) is 8.78 Å². The molecule has 2 saturated heterocycles. The minimum Gasteiger partial charge on any atom is -0.342 e. The van der Waals surface area contributed by atoms with E-state index in [2.05, 4.69) is 9.80 Å². The highest BCUT2D eigenvalue weighted by molar-refractivity contribution is 5.79. The Balaban J connectivity index is 1.43. The number of carbonyl (C=O) groups excluding carboxylic acids is 1. The van der Waals surface area contributed by atoms with Gasteiger partial charge >= 0.3 is 0 Å². The molecule has 2 aromatic rings. The zero-order valence-electron chi connectivity index (χ0n) is 16.7. The van der Waals surface area contributed by atoms with Gasteiger partial charge in [0.05, 0.1) is 5.92 Å². The number of rotatable bonds is 4. The summed E-state index contributed by atoms with van der Waals surface area (Å²) in [5.74, 6) is -0.719. The first-order valence-electron chi connectivity index (χ1n) is 10.7. The largest absolute Gasteiger partial charge is 0.342 e. The smallest absolute Gasteiger partial charge is 0.226 e.